The van der Waals surface area contributed by atoms with Crippen LogP contribution in [0.3, 0.4) is 0 Å². The van der Waals surface area contributed by atoms with Gasteiger partial charge in [0.2, 0.25) is 5.13 Å². The van der Waals surface area contributed by atoms with Crippen LogP contribution in [0.5, 0.6) is 5.75 Å². The largest absolute Gasteiger partial charge is 0.507 e. The second-order valence-electron chi connectivity index (χ2n) is 9.75. The van der Waals surface area contributed by atoms with Gasteiger partial charge in [-0.25, -0.2) is 8.78 Å². The van der Waals surface area contributed by atoms with E-state index in [0.29, 0.717) is 27.8 Å². The van der Waals surface area contributed by atoms with Crippen LogP contribution in [0.2, 0.25) is 0 Å². The minimum atomic E-state index is -1.09. The van der Waals surface area contributed by atoms with Gasteiger partial charge in [-0.1, -0.05) is 83.8 Å². The van der Waals surface area contributed by atoms with Gasteiger partial charge in [-0.2, -0.15) is 0 Å². The fourth-order valence-electron chi connectivity index (χ4n) is 4.74. The Balaban J connectivity index is 1.37. The van der Waals surface area contributed by atoms with Crippen LogP contribution in [0.15, 0.2) is 113 Å². The van der Waals surface area contributed by atoms with E-state index in [4.69, 9.17) is 4.74 Å². The molecule has 1 atom stereocenters. The molecular weight excluding hydrogens is 605 g/mol. The van der Waals surface area contributed by atoms with Crippen molar-refractivity contribution in [3.63, 3.8) is 0 Å². The molecule has 1 unspecified atom stereocenters. The van der Waals surface area contributed by atoms with Crippen molar-refractivity contribution in [1.29, 1.82) is 0 Å². The molecule has 2 heterocycles. The Morgan fingerprint density at radius 1 is 0.909 bits per heavy atom. The van der Waals surface area contributed by atoms with Crippen LogP contribution in [0.25, 0.3) is 5.76 Å². The first-order chi connectivity index (χ1) is 21.4. The first-order valence-electron chi connectivity index (χ1n) is 13.4. The second-order valence-corrected chi connectivity index (χ2v) is 11.9. The third-order valence-corrected chi connectivity index (χ3v) is 9.00. The maximum Gasteiger partial charge on any atom is 0.301 e. The van der Waals surface area contributed by atoms with Gasteiger partial charge >= 0.3 is 5.91 Å². The number of Topliss-reactive ketones (excluding diaryl/α,β-unsaturated/α-hetero) is 1. The highest BCUT2D eigenvalue weighted by molar-refractivity contribution is 8.00. The molecule has 220 valence electrons. The first-order valence-corrected chi connectivity index (χ1v) is 15.2. The van der Waals surface area contributed by atoms with Gasteiger partial charge in [0.25, 0.3) is 5.78 Å². The van der Waals surface area contributed by atoms with E-state index >= 15 is 0 Å². The summed E-state index contributed by atoms with van der Waals surface area (Å²) in [6.07, 6.45) is 0. The number of amides is 1. The topological polar surface area (TPSA) is 92.6 Å². The smallest absolute Gasteiger partial charge is 0.301 e. The summed E-state index contributed by atoms with van der Waals surface area (Å²) in [5, 5.41) is 19.8. The number of anilines is 1. The van der Waals surface area contributed by atoms with E-state index in [1.165, 1.54) is 34.9 Å². The molecule has 7 nitrogen and oxygen atoms in total. The monoisotopic (exact) mass is 627 g/mol. The summed E-state index contributed by atoms with van der Waals surface area (Å²) in [6, 6.07) is 26.7. The Bertz CT molecular complexity index is 1860. The van der Waals surface area contributed by atoms with E-state index < -0.39 is 29.3 Å². The molecule has 6 rings (SSSR count). The van der Waals surface area contributed by atoms with Crippen LogP contribution in [-0.2, 0) is 21.9 Å². The number of aliphatic hydroxyl groups excluding tert-OH is 1. The SMILES string of the molecule is O=C1C(=O)N(c2nnc(SCc3ccccc3F)s2)C(c2cccc(OCc3ccccc3)c2)/C1=C(\O)c1ccc(F)cc1. The average molecular weight is 628 g/mol. The van der Waals surface area contributed by atoms with E-state index in [9.17, 15) is 23.5 Å². The van der Waals surface area contributed by atoms with E-state index in [2.05, 4.69) is 10.2 Å². The Morgan fingerprint density at radius 3 is 2.43 bits per heavy atom. The Labute approximate surface area is 259 Å². The highest BCUT2D eigenvalue weighted by Crippen LogP contribution is 2.44. The zero-order chi connectivity index (χ0) is 30.6. The van der Waals surface area contributed by atoms with Crippen molar-refractivity contribution in [2.24, 2.45) is 0 Å². The van der Waals surface area contributed by atoms with Gasteiger partial charge in [-0.15, -0.1) is 10.2 Å². The second kappa shape index (κ2) is 12.8. The van der Waals surface area contributed by atoms with Crippen LogP contribution in [-0.4, -0.2) is 27.0 Å². The molecule has 1 aromatic heterocycles. The first kappa shape index (κ1) is 29.2. The molecule has 1 fully saturated rings. The lowest BCUT2D eigenvalue weighted by atomic mass is 9.95. The summed E-state index contributed by atoms with van der Waals surface area (Å²) in [5.41, 5.74) is 1.91. The number of hydrogen-bond donors (Lipinski definition) is 1. The van der Waals surface area contributed by atoms with Crippen molar-refractivity contribution in [3.05, 3.63) is 143 Å². The molecule has 0 spiro atoms. The predicted molar refractivity (Wildman–Crippen MR) is 164 cm³/mol. The van der Waals surface area contributed by atoms with Crippen LogP contribution in [0.4, 0.5) is 13.9 Å². The molecule has 0 saturated carbocycles. The van der Waals surface area contributed by atoms with E-state index in [1.54, 1.807) is 42.5 Å². The van der Waals surface area contributed by atoms with Crippen LogP contribution < -0.4 is 9.64 Å². The van der Waals surface area contributed by atoms with Gasteiger partial charge < -0.3 is 9.84 Å². The summed E-state index contributed by atoms with van der Waals surface area (Å²) in [5.74, 6) is -2.38. The van der Waals surface area contributed by atoms with Gasteiger partial charge in [0, 0.05) is 11.3 Å². The minimum absolute atomic E-state index is 0.127. The fourth-order valence-corrected chi connectivity index (χ4v) is 6.59. The molecule has 1 aliphatic rings. The average Bonchev–Trinajstić information content (AvgIpc) is 3.62. The fraction of sp³-hybridized carbons (Fsp3) is 0.0909. The van der Waals surface area contributed by atoms with E-state index in [0.717, 1.165) is 29.0 Å². The molecule has 1 aliphatic heterocycles. The van der Waals surface area contributed by atoms with Gasteiger partial charge in [0.05, 0.1) is 11.6 Å². The zero-order valence-electron chi connectivity index (χ0n) is 22.9. The molecule has 1 N–H and O–H groups in total. The van der Waals surface area contributed by atoms with Gasteiger partial charge in [-0.05, 0) is 59.2 Å². The quantitative estimate of drug-likeness (QED) is 0.0602. The number of benzene rings is 4. The molecule has 0 radical (unpaired) electrons. The number of ether oxygens (including phenoxy) is 1. The summed E-state index contributed by atoms with van der Waals surface area (Å²) in [6.45, 7) is 0.291. The van der Waals surface area contributed by atoms with Crippen molar-refractivity contribution in [1.82, 2.24) is 10.2 Å². The number of aromatic nitrogens is 2. The zero-order valence-corrected chi connectivity index (χ0v) is 24.5. The lowest BCUT2D eigenvalue weighted by Gasteiger charge is -2.23. The Hall–Kier alpha value is -4.87. The standard InChI is InChI=1S/C33H23F2N3O4S2/c34-24-15-13-21(14-16-24)29(39)27-28(22-10-6-11-25(17-22)42-18-20-7-2-1-3-8-20)38(31(41)30(27)40)32-36-37-33(44-32)43-19-23-9-4-5-12-26(23)35/h1-17,28,39H,18-19H2/b29-27+. The van der Waals surface area contributed by atoms with E-state index in [-0.39, 0.29) is 27.8 Å². The molecule has 1 amide bonds. The number of hydrogen-bond acceptors (Lipinski definition) is 8. The molecule has 0 aliphatic carbocycles. The predicted octanol–water partition coefficient (Wildman–Crippen LogP) is 7.31. The van der Waals surface area contributed by atoms with Gasteiger partial charge in [-0.3, -0.25) is 14.5 Å². The Morgan fingerprint density at radius 2 is 1.66 bits per heavy atom. The number of thioether (sulfide) groups is 1. The van der Waals surface area contributed by atoms with Crippen molar-refractivity contribution >= 4 is 45.7 Å². The van der Waals surface area contributed by atoms with Gasteiger partial charge in [0.1, 0.15) is 29.8 Å². The molecule has 4 aromatic carbocycles. The number of aliphatic hydroxyl groups is 1. The molecule has 5 aromatic rings. The maximum absolute atomic E-state index is 14.1. The lowest BCUT2D eigenvalue weighted by molar-refractivity contribution is -0.132. The van der Waals surface area contributed by atoms with E-state index in [1.807, 2.05) is 30.3 Å². The number of halogens is 2. The maximum atomic E-state index is 14.1. The molecule has 1 saturated heterocycles. The highest BCUT2D eigenvalue weighted by atomic mass is 32.2. The molecule has 44 heavy (non-hydrogen) atoms. The third kappa shape index (κ3) is 6.10. The van der Waals surface area contributed by atoms with Crippen LogP contribution >= 0.6 is 23.1 Å². The number of ketones is 1. The number of carbonyl (C=O) groups excluding carboxylic acids is 2. The summed E-state index contributed by atoms with van der Waals surface area (Å²) in [4.78, 5) is 28.2. The summed E-state index contributed by atoms with van der Waals surface area (Å²) in [7, 11) is 0. The normalized spacial score (nSPS) is 16.0. The number of carbonyl (C=O) groups is 2. The van der Waals surface area contributed by atoms with Crippen molar-refractivity contribution in [2.75, 3.05) is 4.90 Å². The molecule has 0 bridgehead atoms. The van der Waals surface area contributed by atoms with Crippen LogP contribution in [0.1, 0.15) is 28.3 Å². The van der Waals surface area contributed by atoms with Gasteiger partial charge in [0.15, 0.2) is 4.34 Å². The number of nitrogens with zero attached hydrogens (tertiary/aromatic N) is 3. The number of rotatable bonds is 9. The van der Waals surface area contributed by atoms with Crippen LogP contribution in [0, 0.1) is 11.6 Å². The third-order valence-electron chi connectivity index (χ3n) is 6.90. The minimum Gasteiger partial charge on any atom is -0.507 e. The summed E-state index contributed by atoms with van der Waals surface area (Å²) < 4.78 is 34.3. The van der Waals surface area contributed by atoms with Crippen molar-refractivity contribution in [3.8, 4) is 5.75 Å². The molecular formula is C33H23F2N3O4S2. The van der Waals surface area contributed by atoms with Crippen molar-refractivity contribution in [2.45, 2.75) is 22.7 Å². The lowest BCUT2D eigenvalue weighted by Crippen LogP contribution is -2.29. The Kier molecular flexibility index (Phi) is 8.49. The summed E-state index contributed by atoms with van der Waals surface area (Å²) >= 11 is 2.31. The highest BCUT2D eigenvalue weighted by Gasteiger charge is 2.48. The molecule has 11 heteroatoms. The van der Waals surface area contributed by atoms with Crippen molar-refractivity contribution < 1.29 is 28.2 Å².